The fraction of sp³-hybridized carbons (Fsp3) is 0.200. The highest BCUT2D eigenvalue weighted by Crippen LogP contribution is 2.16. The summed E-state index contributed by atoms with van der Waals surface area (Å²) in [6.07, 6.45) is 1.69. The molecule has 0 radical (unpaired) electrons. The molecular weight excluding hydrogens is 276 g/mol. The first-order chi connectivity index (χ1) is 9.58. The minimum absolute atomic E-state index is 0.0832. The zero-order chi connectivity index (χ0) is 14.5. The maximum Gasteiger partial charge on any atom is 0.251 e. The number of carbonyl (C=O) groups is 1. The number of hydrogen-bond donors (Lipinski definition) is 1. The largest absolute Gasteiger partial charge is 0.350 e. The third-order valence-corrected chi connectivity index (χ3v) is 3.38. The summed E-state index contributed by atoms with van der Waals surface area (Å²) in [5.41, 5.74) is 1.36. The molecule has 104 valence electrons. The van der Waals surface area contributed by atoms with Crippen molar-refractivity contribution in [2.45, 2.75) is 13.5 Å². The highest BCUT2D eigenvalue weighted by Gasteiger charge is 2.06. The van der Waals surface area contributed by atoms with E-state index in [-0.39, 0.29) is 11.5 Å². The Hall–Kier alpha value is -2.07. The second-order valence-corrected chi connectivity index (χ2v) is 4.86. The van der Waals surface area contributed by atoms with Gasteiger partial charge in [-0.2, -0.15) is 0 Å². The summed E-state index contributed by atoms with van der Waals surface area (Å²) in [6, 6.07) is 10.1. The first-order valence-corrected chi connectivity index (χ1v) is 6.65. The number of aryl methyl sites for hydroxylation is 1. The third kappa shape index (κ3) is 3.48. The topological polar surface area (TPSA) is 51.1 Å². The first kappa shape index (κ1) is 14.3. The lowest BCUT2D eigenvalue weighted by molar-refractivity contribution is 0.0952. The molecule has 0 aliphatic carbocycles. The van der Waals surface area contributed by atoms with Crippen LogP contribution >= 0.6 is 11.6 Å². The summed E-state index contributed by atoms with van der Waals surface area (Å²) in [7, 11) is 0. The predicted octanol–water partition coefficient (Wildman–Crippen LogP) is 2.24. The molecule has 0 saturated carbocycles. The fourth-order valence-electron chi connectivity index (χ4n) is 1.77. The van der Waals surface area contributed by atoms with E-state index < -0.39 is 0 Å². The van der Waals surface area contributed by atoms with E-state index in [0.717, 1.165) is 5.56 Å². The van der Waals surface area contributed by atoms with Crippen LogP contribution in [0.4, 0.5) is 0 Å². The molecule has 1 aromatic carbocycles. The van der Waals surface area contributed by atoms with Crippen molar-refractivity contribution >= 4 is 17.5 Å². The highest BCUT2D eigenvalue weighted by atomic mass is 35.5. The summed E-state index contributed by atoms with van der Waals surface area (Å²) >= 11 is 5.98. The standard InChI is InChI=1S/C15H15ClN2O2/c1-11-5-6-12(10-13(11)16)15(20)17-7-9-18-8-3-2-4-14(18)19/h2-6,8,10H,7,9H2,1H3,(H,17,20). The monoisotopic (exact) mass is 290 g/mol. The molecule has 0 atom stereocenters. The molecule has 0 fully saturated rings. The molecule has 0 aliphatic rings. The van der Waals surface area contributed by atoms with Crippen LogP contribution in [0, 0.1) is 6.92 Å². The van der Waals surface area contributed by atoms with Crippen LogP contribution in [0.1, 0.15) is 15.9 Å². The van der Waals surface area contributed by atoms with Gasteiger partial charge < -0.3 is 9.88 Å². The molecule has 0 bridgehead atoms. The second-order valence-electron chi connectivity index (χ2n) is 4.45. The minimum atomic E-state index is -0.198. The van der Waals surface area contributed by atoms with E-state index in [2.05, 4.69) is 5.32 Å². The van der Waals surface area contributed by atoms with Crippen LogP contribution in [0.5, 0.6) is 0 Å². The van der Waals surface area contributed by atoms with E-state index in [1.807, 2.05) is 6.92 Å². The highest BCUT2D eigenvalue weighted by molar-refractivity contribution is 6.31. The van der Waals surface area contributed by atoms with Crippen LogP contribution in [-0.4, -0.2) is 17.0 Å². The summed E-state index contributed by atoms with van der Waals surface area (Å²) in [5.74, 6) is -0.198. The molecule has 0 aliphatic heterocycles. The lowest BCUT2D eigenvalue weighted by Crippen LogP contribution is -2.30. The van der Waals surface area contributed by atoms with Gasteiger partial charge in [-0.15, -0.1) is 0 Å². The lowest BCUT2D eigenvalue weighted by atomic mass is 10.1. The van der Waals surface area contributed by atoms with Crippen LogP contribution in [0.2, 0.25) is 5.02 Å². The van der Waals surface area contributed by atoms with Crippen LogP contribution < -0.4 is 10.9 Å². The fourth-order valence-corrected chi connectivity index (χ4v) is 1.95. The Morgan fingerprint density at radius 2 is 2.10 bits per heavy atom. The van der Waals surface area contributed by atoms with Crippen molar-refractivity contribution in [3.8, 4) is 0 Å². The van der Waals surface area contributed by atoms with E-state index in [1.54, 1.807) is 41.1 Å². The lowest BCUT2D eigenvalue weighted by Gasteiger charge is -2.08. The van der Waals surface area contributed by atoms with Crippen LogP contribution in [0.15, 0.2) is 47.4 Å². The van der Waals surface area contributed by atoms with Crippen molar-refractivity contribution in [1.82, 2.24) is 9.88 Å². The van der Waals surface area contributed by atoms with Gasteiger partial charge in [-0.3, -0.25) is 9.59 Å². The Labute approximate surface area is 122 Å². The number of rotatable bonds is 4. The summed E-state index contributed by atoms with van der Waals surface area (Å²) in [5, 5.41) is 3.33. The molecule has 0 unspecified atom stereocenters. The maximum absolute atomic E-state index is 11.9. The molecule has 4 nitrogen and oxygen atoms in total. The normalized spacial score (nSPS) is 10.3. The molecule has 20 heavy (non-hydrogen) atoms. The number of halogens is 1. The Balaban J connectivity index is 1.94. The number of amides is 1. The Bertz CT molecular complexity index is 680. The zero-order valence-electron chi connectivity index (χ0n) is 11.1. The molecule has 2 aromatic rings. The third-order valence-electron chi connectivity index (χ3n) is 2.97. The van der Waals surface area contributed by atoms with E-state index in [9.17, 15) is 9.59 Å². The van der Waals surface area contributed by atoms with Crippen molar-refractivity contribution in [2.75, 3.05) is 6.54 Å². The van der Waals surface area contributed by atoms with Gasteiger partial charge in [-0.1, -0.05) is 23.7 Å². The SMILES string of the molecule is Cc1ccc(C(=O)NCCn2ccccc2=O)cc1Cl. The van der Waals surface area contributed by atoms with Crippen LogP contribution in [-0.2, 0) is 6.54 Å². The number of aromatic nitrogens is 1. The van der Waals surface area contributed by atoms with Gasteiger partial charge in [0.15, 0.2) is 0 Å². The minimum Gasteiger partial charge on any atom is -0.350 e. The molecule has 2 rings (SSSR count). The summed E-state index contributed by atoms with van der Waals surface area (Å²) in [6.45, 7) is 2.70. The van der Waals surface area contributed by atoms with Crippen LogP contribution in [0.3, 0.4) is 0 Å². The average molecular weight is 291 g/mol. The molecule has 1 heterocycles. The molecule has 1 amide bonds. The number of pyridine rings is 1. The molecule has 1 N–H and O–H groups in total. The van der Waals surface area contributed by atoms with E-state index >= 15 is 0 Å². The van der Waals surface area contributed by atoms with Crippen molar-refractivity contribution in [1.29, 1.82) is 0 Å². The number of nitrogens with one attached hydrogen (secondary N) is 1. The Kier molecular flexibility index (Phi) is 4.58. The molecule has 1 aromatic heterocycles. The average Bonchev–Trinajstić information content (AvgIpc) is 2.44. The first-order valence-electron chi connectivity index (χ1n) is 6.28. The van der Waals surface area contributed by atoms with Crippen molar-refractivity contribution in [3.05, 3.63) is 69.1 Å². The van der Waals surface area contributed by atoms with Gasteiger partial charge in [-0.05, 0) is 30.7 Å². The van der Waals surface area contributed by atoms with Gasteiger partial charge in [0.2, 0.25) is 0 Å². The summed E-state index contributed by atoms with van der Waals surface area (Å²) < 4.78 is 1.54. The van der Waals surface area contributed by atoms with Gasteiger partial charge in [0, 0.05) is 35.9 Å². The summed E-state index contributed by atoms with van der Waals surface area (Å²) in [4.78, 5) is 23.4. The number of carbonyl (C=O) groups excluding carboxylic acids is 1. The molecule has 0 spiro atoms. The molecular formula is C15H15ClN2O2. The van der Waals surface area contributed by atoms with Gasteiger partial charge in [0.1, 0.15) is 0 Å². The van der Waals surface area contributed by atoms with E-state index in [1.165, 1.54) is 6.07 Å². The number of hydrogen-bond acceptors (Lipinski definition) is 2. The van der Waals surface area contributed by atoms with E-state index in [0.29, 0.717) is 23.7 Å². The van der Waals surface area contributed by atoms with Crippen molar-refractivity contribution in [3.63, 3.8) is 0 Å². The van der Waals surface area contributed by atoms with Gasteiger partial charge in [0.05, 0.1) is 0 Å². The van der Waals surface area contributed by atoms with Crippen molar-refractivity contribution in [2.24, 2.45) is 0 Å². The second kappa shape index (κ2) is 6.39. The quantitative estimate of drug-likeness (QED) is 0.939. The molecule has 0 saturated heterocycles. The number of benzene rings is 1. The Morgan fingerprint density at radius 1 is 1.30 bits per heavy atom. The smallest absolute Gasteiger partial charge is 0.251 e. The van der Waals surface area contributed by atoms with E-state index in [4.69, 9.17) is 11.6 Å². The van der Waals surface area contributed by atoms with Crippen LogP contribution in [0.25, 0.3) is 0 Å². The van der Waals surface area contributed by atoms with Crippen molar-refractivity contribution < 1.29 is 4.79 Å². The maximum atomic E-state index is 11.9. The van der Waals surface area contributed by atoms with Gasteiger partial charge in [-0.25, -0.2) is 0 Å². The zero-order valence-corrected chi connectivity index (χ0v) is 11.9. The molecule has 5 heteroatoms. The van der Waals surface area contributed by atoms with Gasteiger partial charge >= 0.3 is 0 Å². The van der Waals surface area contributed by atoms with Gasteiger partial charge in [0.25, 0.3) is 11.5 Å². The Morgan fingerprint density at radius 3 is 2.80 bits per heavy atom. The predicted molar refractivity (Wildman–Crippen MR) is 79.2 cm³/mol. The number of nitrogens with zero attached hydrogens (tertiary/aromatic N) is 1.